The van der Waals surface area contributed by atoms with E-state index in [-0.39, 0.29) is 5.91 Å². The molecule has 128 valence electrons. The van der Waals surface area contributed by atoms with Gasteiger partial charge in [0.25, 0.3) is 5.91 Å². The van der Waals surface area contributed by atoms with E-state index in [1.165, 1.54) is 0 Å². The quantitative estimate of drug-likeness (QED) is 0.764. The number of hydrogen-bond acceptors (Lipinski definition) is 3. The van der Waals surface area contributed by atoms with Crippen LogP contribution in [0.25, 0.3) is 0 Å². The highest BCUT2D eigenvalue weighted by Gasteiger charge is 2.16. The molecule has 0 aliphatic rings. The van der Waals surface area contributed by atoms with Gasteiger partial charge in [0.05, 0.1) is 12.7 Å². The van der Waals surface area contributed by atoms with Crippen molar-refractivity contribution in [3.63, 3.8) is 0 Å². The summed E-state index contributed by atoms with van der Waals surface area (Å²) >= 11 is 3.43. The highest BCUT2D eigenvalue weighted by atomic mass is 79.9. The minimum Gasteiger partial charge on any atom is -0.496 e. The summed E-state index contributed by atoms with van der Waals surface area (Å²) in [7, 11) is 1.58. The fourth-order valence-corrected chi connectivity index (χ4v) is 3.28. The first-order chi connectivity index (χ1) is 11.5. The van der Waals surface area contributed by atoms with Crippen molar-refractivity contribution in [1.82, 2.24) is 0 Å². The fraction of sp³-hybridized carbons (Fsp3) is 0.316. The molecule has 0 saturated heterocycles. The molecule has 0 unspecified atom stereocenters. The minimum absolute atomic E-state index is 0.188. The standard InChI is InChI=1S/C19H23BrN2O2/c1-5-22(6-2)16-9-7-15(8-10-16)21-19(23)17-12-14(20)11-13(3)18(17)24-4/h7-12H,5-6H2,1-4H3,(H,21,23). The maximum atomic E-state index is 12.6. The third kappa shape index (κ3) is 4.09. The van der Waals surface area contributed by atoms with Gasteiger partial charge in [-0.3, -0.25) is 4.79 Å². The van der Waals surface area contributed by atoms with Crippen molar-refractivity contribution in [3.8, 4) is 5.75 Å². The van der Waals surface area contributed by atoms with E-state index in [4.69, 9.17) is 4.74 Å². The lowest BCUT2D eigenvalue weighted by molar-refractivity contribution is 0.102. The number of nitrogens with one attached hydrogen (secondary N) is 1. The largest absolute Gasteiger partial charge is 0.496 e. The molecule has 0 atom stereocenters. The highest BCUT2D eigenvalue weighted by molar-refractivity contribution is 9.10. The van der Waals surface area contributed by atoms with Crippen LogP contribution in [0.15, 0.2) is 40.9 Å². The summed E-state index contributed by atoms with van der Waals surface area (Å²) in [6, 6.07) is 11.6. The Hall–Kier alpha value is -2.01. The number of methoxy groups -OCH3 is 1. The summed E-state index contributed by atoms with van der Waals surface area (Å²) in [5.74, 6) is 0.405. The third-order valence-electron chi connectivity index (χ3n) is 3.94. The van der Waals surface area contributed by atoms with Crippen molar-refractivity contribution in [2.45, 2.75) is 20.8 Å². The Morgan fingerprint density at radius 1 is 1.17 bits per heavy atom. The van der Waals surface area contributed by atoms with Crippen LogP contribution < -0.4 is 15.0 Å². The van der Waals surface area contributed by atoms with Gasteiger partial charge in [-0.1, -0.05) is 15.9 Å². The van der Waals surface area contributed by atoms with Gasteiger partial charge in [-0.05, 0) is 62.7 Å². The molecule has 1 amide bonds. The number of nitrogens with zero attached hydrogens (tertiary/aromatic N) is 1. The summed E-state index contributed by atoms with van der Waals surface area (Å²) < 4.78 is 6.23. The molecule has 2 aromatic carbocycles. The van der Waals surface area contributed by atoms with E-state index in [1.807, 2.05) is 37.3 Å². The molecule has 0 radical (unpaired) electrons. The van der Waals surface area contributed by atoms with Gasteiger partial charge in [-0.25, -0.2) is 0 Å². The predicted molar refractivity (Wildman–Crippen MR) is 103 cm³/mol. The second-order valence-corrected chi connectivity index (χ2v) is 6.39. The minimum atomic E-state index is -0.188. The monoisotopic (exact) mass is 390 g/mol. The van der Waals surface area contributed by atoms with Crippen LogP contribution in [0.4, 0.5) is 11.4 Å². The lowest BCUT2D eigenvalue weighted by atomic mass is 10.1. The first kappa shape index (κ1) is 18.3. The number of halogens is 1. The van der Waals surface area contributed by atoms with Crippen molar-refractivity contribution in [3.05, 3.63) is 52.0 Å². The number of aryl methyl sites for hydroxylation is 1. The topological polar surface area (TPSA) is 41.6 Å². The number of carbonyl (C=O) groups is 1. The van der Waals surface area contributed by atoms with Gasteiger partial charge in [-0.2, -0.15) is 0 Å². The molecule has 0 aliphatic heterocycles. The van der Waals surface area contributed by atoms with Crippen LogP contribution in [0.2, 0.25) is 0 Å². The van der Waals surface area contributed by atoms with Crippen LogP contribution in [0.5, 0.6) is 5.75 Å². The van der Waals surface area contributed by atoms with E-state index < -0.39 is 0 Å². The maximum absolute atomic E-state index is 12.6. The highest BCUT2D eigenvalue weighted by Crippen LogP contribution is 2.28. The van der Waals surface area contributed by atoms with Gasteiger partial charge in [0.15, 0.2) is 0 Å². The average molecular weight is 391 g/mol. The molecule has 24 heavy (non-hydrogen) atoms. The Bertz CT molecular complexity index is 710. The molecule has 1 N–H and O–H groups in total. The molecule has 0 spiro atoms. The Kier molecular flexibility index (Phi) is 6.26. The van der Waals surface area contributed by atoms with Crippen LogP contribution in [0.3, 0.4) is 0 Å². The number of benzene rings is 2. The van der Waals surface area contributed by atoms with Gasteiger partial charge in [0.1, 0.15) is 5.75 Å². The predicted octanol–water partition coefficient (Wildman–Crippen LogP) is 4.86. The van der Waals surface area contributed by atoms with E-state index in [0.717, 1.165) is 34.5 Å². The zero-order valence-electron chi connectivity index (χ0n) is 14.5. The second-order valence-electron chi connectivity index (χ2n) is 5.48. The molecule has 0 bridgehead atoms. The van der Waals surface area contributed by atoms with E-state index in [1.54, 1.807) is 13.2 Å². The number of amides is 1. The molecule has 0 fully saturated rings. The van der Waals surface area contributed by atoms with E-state index in [0.29, 0.717) is 11.3 Å². The van der Waals surface area contributed by atoms with Crippen molar-refractivity contribution < 1.29 is 9.53 Å². The summed E-state index contributed by atoms with van der Waals surface area (Å²) in [4.78, 5) is 14.9. The first-order valence-corrected chi connectivity index (χ1v) is 8.79. The summed E-state index contributed by atoms with van der Waals surface area (Å²) in [5, 5.41) is 2.93. The Morgan fingerprint density at radius 2 is 1.79 bits per heavy atom. The van der Waals surface area contributed by atoms with Crippen LogP contribution in [0, 0.1) is 6.92 Å². The summed E-state index contributed by atoms with van der Waals surface area (Å²) in [5.41, 5.74) is 3.33. The average Bonchev–Trinajstić information content (AvgIpc) is 2.56. The van der Waals surface area contributed by atoms with E-state index in [9.17, 15) is 4.79 Å². The number of rotatable bonds is 6. The second kappa shape index (κ2) is 8.20. The lowest BCUT2D eigenvalue weighted by Crippen LogP contribution is -2.21. The first-order valence-electron chi connectivity index (χ1n) is 8.00. The Morgan fingerprint density at radius 3 is 2.33 bits per heavy atom. The molecular weight excluding hydrogens is 368 g/mol. The molecule has 0 aromatic heterocycles. The normalized spacial score (nSPS) is 10.4. The third-order valence-corrected chi connectivity index (χ3v) is 4.40. The van der Waals surface area contributed by atoms with Crippen LogP contribution in [-0.4, -0.2) is 26.1 Å². The van der Waals surface area contributed by atoms with Crippen molar-refractivity contribution in [2.75, 3.05) is 30.4 Å². The Balaban J connectivity index is 2.21. The zero-order valence-corrected chi connectivity index (χ0v) is 16.1. The van der Waals surface area contributed by atoms with Crippen molar-refractivity contribution in [2.24, 2.45) is 0 Å². The maximum Gasteiger partial charge on any atom is 0.259 e. The number of carbonyl (C=O) groups excluding carboxylic acids is 1. The van der Waals surface area contributed by atoms with E-state index in [2.05, 4.69) is 40.0 Å². The lowest BCUT2D eigenvalue weighted by Gasteiger charge is -2.21. The number of hydrogen-bond donors (Lipinski definition) is 1. The van der Waals surface area contributed by atoms with Crippen LogP contribution in [-0.2, 0) is 0 Å². The summed E-state index contributed by atoms with van der Waals surface area (Å²) in [6.07, 6.45) is 0. The molecule has 5 heteroatoms. The molecule has 0 aliphatic carbocycles. The SMILES string of the molecule is CCN(CC)c1ccc(NC(=O)c2cc(Br)cc(C)c2OC)cc1. The van der Waals surface area contributed by atoms with Gasteiger partial charge >= 0.3 is 0 Å². The molecule has 0 heterocycles. The van der Waals surface area contributed by atoms with Crippen molar-refractivity contribution >= 4 is 33.2 Å². The van der Waals surface area contributed by atoms with Crippen molar-refractivity contribution in [1.29, 1.82) is 0 Å². The van der Waals surface area contributed by atoms with Gasteiger partial charge < -0.3 is 15.0 Å². The number of anilines is 2. The molecule has 2 rings (SSSR count). The molecule has 0 saturated carbocycles. The molecule has 4 nitrogen and oxygen atoms in total. The number of ether oxygens (including phenoxy) is 1. The van der Waals surface area contributed by atoms with Crippen LogP contribution >= 0.6 is 15.9 Å². The van der Waals surface area contributed by atoms with Crippen LogP contribution in [0.1, 0.15) is 29.8 Å². The Labute approximate surface area is 151 Å². The zero-order chi connectivity index (χ0) is 17.7. The van der Waals surface area contributed by atoms with Gasteiger partial charge in [0.2, 0.25) is 0 Å². The van der Waals surface area contributed by atoms with Gasteiger partial charge in [-0.15, -0.1) is 0 Å². The molecular formula is C19H23BrN2O2. The fourth-order valence-electron chi connectivity index (χ4n) is 2.71. The molecule has 2 aromatic rings. The van der Waals surface area contributed by atoms with Gasteiger partial charge in [0, 0.05) is 28.9 Å². The van der Waals surface area contributed by atoms with E-state index >= 15 is 0 Å². The summed E-state index contributed by atoms with van der Waals surface area (Å²) in [6.45, 7) is 8.08. The smallest absolute Gasteiger partial charge is 0.259 e.